The largest absolute Gasteiger partial charge is 0.369 e. The van der Waals surface area contributed by atoms with Gasteiger partial charge >= 0.3 is 0 Å². The van der Waals surface area contributed by atoms with Crippen molar-refractivity contribution in [1.82, 2.24) is 9.78 Å². The predicted octanol–water partition coefficient (Wildman–Crippen LogP) is 3.69. The van der Waals surface area contributed by atoms with Gasteiger partial charge in [-0.15, -0.1) is 0 Å². The Balaban J connectivity index is 1.99. The quantitative estimate of drug-likeness (QED) is 0.932. The maximum atomic E-state index is 12.1. The van der Waals surface area contributed by atoms with E-state index in [1.165, 1.54) is 5.56 Å². The molecule has 1 aliphatic carbocycles. The number of hydrogen-bond donors (Lipinski definition) is 1. The fourth-order valence-electron chi connectivity index (χ4n) is 4.37. The zero-order chi connectivity index (χ0) is 17.3. The van der Waals surface area contributed by atoms with Crippen molar-refractivity contribution >= 4 is 5.91 Å². The molecule has 1 fully saturated rings. The second-order valence-corrected chi connectivity index (χ2v) is 7.69. The summed E-state index contributed by atoms with van der Waals surface area (Å²) in [5.41, 5.74) is 8.05. The van der Waals surface area contributed by atoms with Gasteiger partial charge in [0.1, 0.15) is 0 Å². The normalized spacial score (nSPS) is 27.3. The molecule has 0 aliphatic heterocycles. The lowest BCUT2D eigenvalue weighted by atomic mass is 9.60. The molecule has 2 aromatic rings. The molecule has 0 radical (unpaired) electrons. The first kappa shape index (κ1) is 16.7. The van der Waals surface area contributed by atoms with E-state index in [0.717, 1.165) is 24.9 Å². The van der Waals surface area contributed by atoms with E-state index >= 15 is 0 Å². The van der Waals surface area contributed by atoms with Crippen molar-refractivity contribution in [2.45, 2.75) is 45.4 Å². The van der Waals surface area contributed by atoms with E-state index in [0.29, 0.717) is 11.8 Å². The minimum atomic E-state index is -0.156. The molecule has 1 aliphatic rings. The molecular weight excluding hydrogens is 298 g/mol. The lowest BCUT2D eigenvalue weighted by Crippen LogP contribution is -2.43. The van der Waals surface area contributed by atoms with Crippen molar-refractivity contribution in [2.24, 2.45) is 23.5 Å². The van der Waals surface area contributed by atoms with Gasteiger partial charge in [-0.25, -0.2) is 4.68 Å². The van der Waals surface area contributed by atoms with E-state index in [1.54, 1.807) is 6.20 Å². The first-order chi connectivity index (χ1) is 11.4. The second-order valence-electron chi connectivity index (χ2n) is 7.69. The molecule has 1 aromatic carbocycles. The van der Waals surface area contributed by atoms with E-state index < -0.39 is 0 Å². The van der Waals surface area contributed by atoms with Crippen molar-refractivity contribution in [3.8, 4) is 5.69 Å². The van der Waals surface area contributed by atoms with Gasteiger partial charge in [0, 0.05) is 18.3 Å². The van der Waals surface area contributed by atoms with Crippen LogP contribution < -0.4 is 5.73 Å². The Bertz CT molecular complexity index is 707. The SMILES string of the molecule is CC(C)C1CCC(C)(c2ccccc2-n2cccn2)CC1C(N)=O. The van der Waals surface area contributed by atoms with Crippen molar-refractivity contribution in [3.63, 3.8) is 0 Å². The monoisotopic (exact) mass is 325 g/mol. The van der Waals surface area contributed by atoms with Crippen LogP contribution in [0, 0.1) is 17.8 Å². The number of rotatable bonds is 4. The van der Waals surface area contributed by atoms with E-state index in [9.17, 15) is 4.79 Å². The van der Waals surface area contributed by atoms with Crippen LogP contribution in [0.3, 0.4) is 0 Å². The van der Waals surface area contributed by atoms with Crippen LogP contribution in [0.1, 0.15) is 45.6 Å². The molecule has 1 amide bonds. The van der Waals surface area contributed by atoms with Gasteiger partial charge in [-0.1, -0.05) is 39.0 Å². The van der Waals surface area contributed by atoms with Gasteiger partial charge in [0.15, 0.2) is 0 Å². The molecule has 3 unspecified atom stereocenters. The molecule has 3 atom stereocenters. The van der Waals surface area contributed by atoms with Crippen LogP contribution in [-0.4, -0.2) is 15.7 Å². The Morgan fingerprint density at radius 2 is 2.08 bits per heavy atom. The average Bonchev–Trinajstić information content (AvgIpc) is 3.09. The Labute approximate surface area is 144 Å². The van der Waals surface area contributed by atoms with Crippen LogP contribution in [0.15, 0.2) is 42.7 Å². The number of carbonyl (C=O) groups is 1. The van der Waals surface area contributed by atoms with Crippen LogP contribution in [0.4, 0.5) is 0 Å². The zero-order valence-electron chi connectivity index (χ0n) is 14.8. The van der Waals surface area contributed by atoms with Gasteiger partial charge in [0.2, 0.25) is 5.91 Å². The fraction of sp³-hybridized carbons (Fsp3) is 0.500. The Morgan fingerprint density at radius 3 is 2.71 bits per heavy atom. The topological polar surface area (TPSA) is 60.9 Å². The van der Waals surface area contributed by atoms with Gasteiger partial charge in [-0.2, -0.15) is 5.10 Å². The third kappa shape index (κ3) is 2.97. The van der Waals surface area contributed by atoms with Crippen LogP contribution in [0.2, 0.25) is 0 Å². The molecule has 3 rings (SSSR count). The Hall–Kier alpha value is -2.10. The third-order valence-electron chi connectivity index (χ3n) is 5.74. The highest BCUT2D eigenvalue weighted by Crippen LogP contribution is 2.47. The fourth-order valence-corrected chi connectivity index (χ4v) is 4.37. The van der Waals surface area contributed by atoms with Crippen molar-refractivity contribution in [3.05, 3.63) is 48.3 Å². The summed E-state index contributed by atoms with van der Waals surface area (Å²) in [6, 6.07) is 10.3. The van der Waals surface area contributed by atoms with Crippen molar-refractivity contribution in [2.75, 3.05) is 0 Å². The summed E-state index contributed by atoms with van der Waals surface area (Å²) < 4.78 is 1.91. The minimum absolute atomic E-state index is 0.0607. The summed E-state index contributed by atoms with van der Waals surface area (Å²) in [5, 5.41) is 4.40. The molecular formula is C20H27N3O. The number of hydrogen-bond acceptors (Lipinski definition) is 2. The number of aromatic nitrogens is 2. The number of amides is 1. The van der Waals surface area contributed by atoms with E-state index in [4.69, 9.17) is 5.73 Å². The number of carbonyl (C=O) groups excluding carboxylic acids is 1. The smallest absolute Gasteiger partial charge is 0.220 e. The van der Waals surface area contributed by atoms with Gasteiger partial charge in [-0.05, 0) is 54.2 Å². The Morgan fingerprint density at radius 1 is 1.33 bits per heavy atom. The summed E-state index contributed by atoms with van der Waals surface area (Å²) >= 11 is 0. The van der Waals surface area contributed by atoms with Gasteiger partial charge < -0.3 is 5.73 Å². The predicted molar refractivity (Wildman–Crippen MR) is 95.8 cm³/mol. The highest BCUT2D eigenvalue weighted by molar-refractivity contribution is 5.77. The third-order valence-corrected chi connectivity index (χ3v) is 5.74. The van der Waals surface area contributed by atoms with E-state index in [2.05, 4.69) is 44.1 Å². The van der Waals surface area contributed by atoms with E-state index in [-0.39, 0.29) is 17.2 Å². The molecule has 0 bridgehead atoms. The van der Waals surface area contributed by atoms with Crippen molar-refractivity contribution in [1.29, 1.82) is 0 Å². The molecule has 1 heterocycles. The van der Waals surface area contributed by atoms with Crippen LogP contribution in [-0.2, 0) is 10.2 Å². The average molecular weight is 325 g/mol. The molecule has 128 valence electrons. The molecule has 1 saturated carbocycles. The molecule has 1 aromatic heterocycles. The molecule has 24 heavy (non-hydrogen) atoms. The summed E-state index contributed by atoms with van der Waals surface area (Å²) in [6.07, 6.45) is 6.67. The summed E-state index contributed by atoms with van der Waals surface area (Å²) in [5.74, 6) is 0.645. The van der Waals surface area contributed by atoms with Crippen LogP contribution in [0.5, 0.6) is 0 Å². The standard InChI is InChI=1S/C20H27N3O/c1-14(2)15-9-10-20(3,13-16(15)19(21)24)17-7-4-5-8-18(17)23-12-6-11-22-23/h4-8,11-12,14-16H,9-10,13H2,1-3H3,(H2,21,24). The summed E-state index contributed by atoms with van der Waals surface area (Å²) in [7, 11) is 0. The lowest BCUT2D eigenvalue weighted by molar-refractivity contribution is -0.126. The van der Waals surface area contributed by atoms with Gasteiger partial charge in [-0.3, -0.25) is 4.79 Å². The lowest BCUT2D eigenvalue weighted by Gasteiger charge is -2.44. The highest BCUT2D eigenvalue weighted by atomic mass is 16.1. The molecule has 2 N–H and O–H groups in total. The molecule has 0 saturated heterocycles. The van der Waals surface area contributed by atoms with Crippen LogP contribution in [0.25, 0.3) is 5.69 Å². The zero-order valence-corrected chi connectivity index (χ0v) is 14.8. The first-order valence-corrected chi connectivity index (χ1v) is 8.81. The molecule has 4 heteroatoms. The number of para-hydroxylation sites is 1. The number of nitrogens with zero attached hydrogens (tertiary/aromatic N) is 2. The number of nitrogens with two attached hydrogens (primary N) is 1. The first-order valence-electron chi connectivity index (χ1n) is 8.81. The maximum Gasteiger partial charge on any atom is 0.220 e. The molecule has 4 nitrogen and oxygen atoms in total. The van der Waals surface area contributed by atoms with Gasteiger partial charge in [0.25, 0.3) is 0 Å². The summed E-state index contributed by atoms with van der Waals surface area (Å²) in [6.45, 7) is 6.66. The Kier molecular flexibility index (Phi) is 4.48. The minimum Gasteiger partial charge on any atom is -0.369 e. The van der Waals surface area contributed by atoms with Crippen molar-refractivity contribution < 1.29 is 4.79 Å². The second kappa shape index (κ2) is 6.42. The highest BCUT2D eigenvalue weighted by Gasteiger charge is 2.43. The maximum absolute atomic E-state index is 12.1. The van der Waals surface area contributed by atoms with E-state index in [1.807, 2.05) is 23.0 Å². The molecule has 0 spiro atoms. The summed E-state index contributed by atoms with van der Waals surface area (Å²) in [4.78, 5) is 12.1. The number of primary amides is 1. The van der Waals surface area contributed by atoms with Crippen LogP contribution >= 0.6 is 0 Å². The van der Waals surface area contributed by atoms with Gasteiger partial charge in [0.05, 0.1) is 5.69 Å². The number of benzene rings is 1.